The maximum Gasteiger partial charge on any atom is 0.268 e. The van der Waals surface area contributed by atoms with E-state index in [2.05, 4.69) is 5.32 Å². The fraction of sp³-hybridized carbons (Fsp3) is 0.364. The van der Waals surface area contributed by atoms with Crippen LogP contribution in [0.1, 0.15) is 31.3 Å². The van der Waals surface area contributed by atoms with Gasteiger partial charge in [0, 0.05) is 11.9 Å². The molecule has 0 radical (unpaired) electrons. The molecule has 76 valence electrons. The third-order valence-corrected chi connectivity index (χ3v) is 2.05. The molecule has 1 N–H and O–H groups in total. The highest BCUT2D eigenvalue weighted by molar-refractivity contribution is 5.96. The Balaban J connectivity index is 0.000000461. The number of nitrogens with one attached hydrogen (secondary N) is 1. The molecule has 1 aromatic rings. The maximum atomic E-state index is 11.2. The highest BCUT2D eigenvalue weighted by Gasteiger charge is 2.17. The van der Waals surface area contributed by atoms with E-state index in [1.54, 1.807) is 0 Å². The lowest BCUT2D eigenvalue weighted by Crippen LogP contribution is -2.33. The highest BCUT2D eigenvalue weighted by Crippen LogP contribution is 2.14. The molecule has 3 heteroatoms. The van der Waals surface area contributed by atoms with Crippen LogP contribution in [0, 0.1) is 0 Å². The molecular formula is C11H16N2O. The van der Waals surface area contributed by atoms with Gasteiger partial charge in [-0.25, -0.2) is 0 Å². The molecule has 3 nitrogen and oxygen atoms in total. The molecule has 0 spiro atoms. The van der Waals surface area contributed by atoms with Gasteiger partial charge in [-0.3, -0.25) is 4.79 Å². The highest BCUT2D eigenvalue weighted by atomic mass is 16.2. The van der Waals surface area contributed by atoms with Crippen molar-refractivity contribution in [2.45, 2.75) is 20.8 Å². The molecule has 1 aliphatic rings. The lowest BCUT2D eigenvalue weighted by molar-refractivity contribution is 0.0945. The molecule has 0 unspecified atom stereocenters. The minimum atomic E-state index is 0.00519. The predicted octanol–water partition coefficient (Wildman–Crippen LogP) is 2.12. The van der Waals surface area contributed by atoms with Gasteiger partial charge in [0.2, 0.25) is 0 Å². The molecule has 0 saturated carbocycles. The van der Waals surface area contributed by atoms with Gasteiger partial charge in [-0.05, 0) is 19.1 Å². The lowest BCUT2D eigenvalue weighted by atomic mass is 10.3. The Morgan fingerprint density at radius 2 is 2.21 bits per heavy atom. The van der Waals surface area contributed by atoms with Gasteiger partial charge in [0.05, 0.1) is 6.54 Å². The summed E-state index contributed by atoms with van der Waals surface area (Å²) in [4.78, 5) is 11.2. The van der Waals surface area contributed by atoms with E-state index in [1.807, 2.05) is 49.7 Å². The number of aromatic nitrogens is 1. The number of rotatable bonds is 0. The summed E-state index contributed by atoms with van der Waals surface area (Å²) in [6.07, 6.45) is 3.91. The Hall–Kier alpha value is -1.51. The third-order valence-electron chi connectivity index (χ3n) is 2.05. The van der Waals surface area contributed by atoms with Crippen molar-refractivity contribution in [2.75, 3.05) is 6.54 Å². The molecule has 0 aromatic carbocycles. The largest absolute Gasteiger partial charge is 0.345 e. The second kappa shape index (κ2) is 4.65. The van der Waals surface area contributed by atoms with E-state index < -0.39 is 0 Å². The first-order chi connectivity index (χ1) is 6.83. The van der Waals surface area contributed by atoms with Crippen molar-refractivity contribution >= 4 is 11.6 Å². The number of carbonyl (C=O) groups excluding carboxylic acids is 1. The van der Waals surface area contributed by atoms with E-state index in [9.17, 15) is 4.79 Å². The van der Waals surface area contributed by atoms with Crippen molar-refractivity contribution in [1.82, 2.24) is 9.88 Å². The second-order valence-corrected chi connectivity index (χ2v) is 2.73. The fourth-order valence-corrected chi connectivity index (χ4v) is 1.40. The number of fused-ring (bicyclic) bond motifs is 1. The van der Waals surface area contributed by atoms with Gasteiger partial charge >= 0.3 is 0 Å². The normalized spacial score (nSPS) is 16.8. The van der Waals surface area contributed by atoms with Gasteiger partial charge < -0.3 is 9.88 Å². The Bertz CT molecular complexity index is 350. The van der Waals surface area contributed by atoms with E-state index in [0.717, 1.165) is 5.70 Å². The molecule has 0 fully saturated rings. The zero-order valence-corrected chi connectivity index (χ0v) is 8.87. The minimum Gasteiger partial charge on any atom is -0.345 e. The van der Waals surface area contributed by atoms with Crippen LogP contribution in [0.15, 0.2) is 24.4 Å². The van der Waals surface area contributed by atoms with Crippen LogP contribution in [0.5, 0.6) is 0 Å². The number of hydrogen-bond donors (Lipinski definition) is 1. The predicted molar refractivity (Wildman–Crippen MR) is 58.1 cm³/mol. The summed E-state index contributed by atoms with van der Waals surface area (Å²) in [5.74, 6) is 0.00519. The Kier molecular flexibility index (Phi) is 3.51. The van der Waals surface area contributed by atoms with Gasteiger partial charge in [-0.15, -0.1) is 0 Å². The van der Waals surface area contributed by atoms with Crippen molar-refractivity contribution in [3.63, 3.8) is 0 Å². The van der Waals surface area contributed by atoms with Crippen LogP contribution in [0.4, 0.5) is 0 Å². The molecule has 2 rings (SSSR count). The van der Waals surface area contributed by atoms with Crippen LogP contribution in [-0.2, 0) is 0 Å². The number of carbonyl (C=O) groups is 1. The van der Waals surface area contributed by atoms with Gasteiger partial charge in [0.15, 0.2) is 0 Å². The first-order valence-electron chi connectivity index (χ1n) is 4.94. The minimum absolute atomic E-state index is 0.00519. The molecule has 0 saturated heterocycles. The van der Waals surface area contributed by atoms with E-state index in [-0.39, 0.29) is 5.91 Å². The van der Waals surface area contributed by atoms with Crippen LogP contribution in [-0.4, -0.2) is 17.0 Å². The van der Waals surface area contributed by atoms with Crippen molar-refractivity contribution in [1.29, 1.82) is 0 Å². The summed E-state index contributed by atoms with van der Waals surface area (Å²) in [6, 6.07) is 3.70. The van der Waals surface area contributed by atoms with Crippen molar-refractivity contribution in [3.8, 4) is 0 Å². The average molecular weight is 192 g/mol. The van der Waals surface area contributed by atoms with Gasteiger partial charge in [-0.2, -0.15) is 0 Å². The van der Waals surface area contributed by atoms with Crippen LogP contribution < -0.4 is 5.32 Å². The maximum absolute atomic E-state index is 11.2. The summed E-state index contributed by atoms with van der Waals surface area (Å²) in [6.45, 7) is 6.59. The standard InChI is InChI=1S/C9H10N2O.C2H6/c1-2-7-6-10-9(12)8-4-3-5-11(7)8;1-2/h2-5H,6H2,1H3,(H,10,12);1-2H3/b7-2+;. The molecule has 0 aliphatic carbocycles. The van der Waals surface area contributed by atoms with Crippen molar-refractivity contribution in [2.24, 2.45) is 0 Å². The molecule has 2 heterocycles. The Labute approximate surface area is 84.4 Å². The lowest BCUT2D eigenvalue weighted by Gasteiger charge is -2.18. The van der Waals surface area contributed by atoms with Gasteiger partial charge in [0.1, 0.15) is 5.69 Å². The van der Waals surface area contributed by atoms with E-state index >= 15 is 0 Å². The molecule has 1 aromatic heterocycles. The number of amides is 1. The first kappa shape index (κ1) is 10.6. The molecule has 0 atom stereocenters. The molecule has 1 aliphatic heterocycles. The molecular weight excluding hydrogens is 176 g/mol. The molecule has 14 heavy (non-hydrogen) atoms. The SMILES string of the molecule is C/C=C1\CNC(=O)c2cccn21.CC. The summed E-state index contributed by atoms with van der Waals surface area (Å²) < 4.78 is 1.92. The average Bonchev–Trinajstić information content (AvgIpc) is 2.71. The number of allylic oxidation sites excluding steroid dienone is 1. The van der Waals surface area contributed by atoms with Gasteiger partial charge in [-0.1, -0.05) is 19.9 Å². The van der Waals surface area contributed by atoms with Crippen LogP contribution in [0.2, 0.25) is 0 Å². The van der Waals surface area contributed by atoms with Crippen LogP contribution in [0.25, 0.3) is 5.70 Å². The quantitative estimate of drug-likeness (QED) is 0.671. The van der Waals surface area contributed by atoms with Crippen LogP contribution >= 0.6 is 0 Å². The summed E-state index contributed by atoms with van der Waals surface area (Å²) in [5.41, 5.74) is 1.84. The van der Waals surface area contributed by atoms with E-state index in [1.165, 1.54) is 0 Å². The third kappa shape index (κ3) is 1.71. The fourth-order valence-electron chi connectivity index (χ4n) is 1.40. The Morgan fingerprint density at radius 1 is 1.50 bits per heavy atom. The number of nitrogens with zero attached hydrogens (tertiary/aromatic N) is 1. The van der Waals surface area contributed by atoms with Crippen molar-refractivity contribution in [3.05, 3.63) is 30.1 Å². The van der Waals surface area contributed by atoms with Crippen molar-refractivity contribution < 1.29 is 4.79 Å². The zero-order chi connectivity index (χ0) is 10.6. The molecule has 1 amide bonds. The smallest absolute Gasteiger partial charge is 0.268 e. The second-order valence-electron chi connectivity index (χ2n) is 2.73. The zero-order valence-electron chi connectivity index (χ0n) is 8.87. The monoisotopic (exact) mass is 192 g/mol. The number of hydrogen-bond acceptors (Lipinski definition) is 1. The first-order valence-corrected chi connectivity index (χ1v) is 4.94. The molecule has 0 bridgehead atoms. The summed E-state index contributed by atoms with van der Waals surface area (Å²) in [7, 11) is 0. The topological polar surface area (TPSA) is 34.0 Å². The van der Waals surface area contributed by atoms with Gasteiger partial charge in [0.25, 0.3) is 5.91 Å². The Morgan fingerprint density at radius 3 is 2.86 bits per heavy atom. The summed E-state index contributed by atoms with van der Waals surface area (Å²) in [5, 5.41) is 2.80. The van der Waals surface area contributed by atoms with E-state index in [4.69, 9.17) is 0 Å². The van der Waals surface area contributed by atoms with Crippen LogP contribution in [0.3, 0.4) is 0 Å². The van der Waals surface area contributed by atoms with E-state index in [0.29, 0.717) is 12.2 Å². The summed E-state index contributed by atoms with van der Waals surface area (Å²) >= 11 is 0.